The van der Waals surface area contributed by atoms with Crippen molar-refractivity contribution in [2.45, 2.75) is 6.92 Å². The molecule has 0 heterocycles. The molecule has 0 aliphatic heterocycles. The van der Waals surface area contributed by atoms with Gasteiger partial charge in [-0.2, -0.15) is 0 Å². The number of nitrogens with two attached hydrogens (primary N) is 2. The molecule has 0 aromatic rings. The Balaban J connectivity index is 3.43. The Morgan fingerprint density at radius 3 is 2.44 bits per heavy atom. The lowest BCUT2D eigenvalue weighted by Gasteiger charge is -2.14. The van der Waals surface area contributed by atoms with Crippen LogP contribution in [0.3, 0.4) is 0 Å². The van der Waals surface area contributed by atoms with Crippen molar-refractivity contribution >= 4 is 5.78 Å². The van der Waals surface area contributed by atoms with Gasteiger partial charge in [-0.15, -0.1) is 0 Å². The Hall–Kier alpha value is -1.15. The van der Waals surface area contributed by atoms with Crippen molar-refractivity contribution < 1.29 is 14.3 Å². The second-order valence-electron chi connectivity index (χ2n) is 3.71. The van der Waals surface area contributed by atoms with Gasteiger partial charge in [0, 0.05) is 19.7 Å². The third kappa shape index (κ3) is 10.0. The van der Waals surface area contributed by atoms with Crippen LogP contribution in [0.25, 0.3) is 0 Å². The number of rotatable bonds is 11. The molecule has 0 rings (SSSR count). The molecule has 0 aromatic carbocycles. The van der Waals surface area contributed by atoms with Crippen molar-refractivity contribution in [3.8, 4) is 0 Å². The van der Waals surface area contributed by atoms with Crippen molar-refractivity contribution in [1.29, 1.82) is 0 Å². The number of hydrazine groups is 1. The van der Waals surface area contributed by atoms with Crippen LogP contribution < -0.4 is 16.9 Å². The zero-order valence-electron chi connectivity index (χ0n) is 11.1. The second kappa shape index (κ2) is 11.0. The fourth-order valence-corrected chi connectivity index (χ4v) is 1.00. The molecule has 0 bridgehead atoms. The zero-order valence-corrected chi connectivity index (χ0v) is 11.1. The number of likely N-dealkylation sites (N-methyl/N-ethyl adjacent to an activating group) is 1. The van der Waals surface area contributed by atoms with Crippen LogP contribution in [-0.2, 0) is 14.3 Å². The number of hydrogen-bond acceptors (Lipinski definition) is 7. The van der Waals surface area contributed by atoms with E-state index in [2.05, 4.69) is 5.32 Å². The Kier molecular flexibility index (Phi) is 10.3. The predicted octanol–water partition coefficient (Wildman–Crippen LogP) is -1.20. The van der Waals surface area contributed by atoms with Gasteiger partial charge in [-0.1, -0.05) is 0 Å². The van der Waals surface area contributed by atoms with E-state index in [0.29, 0.717) is 33.0 Å². The standard InChI is InChI=1S/C11H24N4O3/c1-10(16)11(12)9-15(13)4-6-18-8-7-17-5-3-14-2/h9,14H,3-8,12-13H2,1-2H3/b11-9-. The molecule has 0 unspecified atom stereocenters. The van der Waals surface area contributed by atoms with Crippen LogP contribution in [0.4, 0.5) is 0 Å². The summed E-state index contributed by atoms with van der Waals surface area (Å²) in [7, 11) is 1.87. The van der Waals surface area contributed by atoms with Crippen LogP contribution >= 0.6 is 0 Å². The molecule has 0 radical (unpaired) electrons. The molecule has 0 amide bonds. The number of nitrogens with one attached hydrogen (secondary N) is 1. The van der Waals surface area contributed by atoms with E-state index in [1.807, 2.05) is 7.05 Å². The largest absolute Gasteiger partial charge is 0.395 e. The van der Waals surface area contributed by atoms with Crippen LogP contribution in [-0.4, -0.2) is 57.4 Å². The Labute approximate surface area is 108 Å². The third-order valence-corrected chi connectivity index (χ3v) is 2.07. The van der Waals surface area contributed by atoms with Crippen LogP contribution in [0, 0.1) is 0 Å². The van der Waals surface area contributed by atoms with E-state index in [-0.39, 0.29) is 11.5 Å². The number of ketones is 1. The number of Topliss-reactive ketones (excluding diaryl/α,β-unsaturated/α-hetero) is 1. The predicted molar refractivity (Wildman–Crippen MR) is 69.4 cm³/mol. The molecule has 0 aliphatic carbocycles. The van der Waals surface area contributed by atoms with E-state index in [1.165, 1.54) is 18.1 Å². The van der Waals surface area contributed by atoms with Gasteiger partial charge in [-0.3, -0.25) is 4.79 Å². The Morgan fingerprint density at radius 1 is 1.28 bits per heavy atom. The molecule has 0 fully saturated rings. The van der Waals surface area contributed by atoms with Gasteiger partial charge in [0.05, 0.1) is 38.7 Å². The minimum Gasteiger partial charge on any atom is -0.395 e. The average Bonchev–Trinajstić information content (AvgIpc) is 2.32. The molecule has 7 nitrogen and oxygen atoms in total. The highest BCUT2D eigenvalue weighted by molar-refractivity contribution is 5.92. The molecule has 0 saturated heterocycles. The van der Waals surface area contributed by atoms with Crippen LogP contribution in [0.15, 0.2) is 11.9 Å². The lowest BCUT2D eigenvalue weighted by atomic mass is 10.3. The minimum absolute atomic E-state index is 0.132. The van der Waals surface area contributed by atoms with Gasteiger partial charge < -0.3 is 25.5 Å². The smallest absolute Gasteiger partial charge is 0.176 e. The highest BCUT2D eigenvalue weighted by Gasteiger charge is 2.00. The summed E-state index contributed by atoms with van der Waals surface area (Å²) in [5.41, 5.74) is 5.57. The molecule has 0 saturated carbocycles. The van der Waals surface area contributed by atoms with Crippen molar-refractivity contribution in [2.24, 2.45) is 11.6 Å². The maximum Gasteiger partial charge on any atom is 0.176 e. The SMILES string of the molecule is CNCCOCCOCCN(N)/C=C(\N)C(C)=O. The maximum absolute atomic E-state index is 10.9. The fourth-order valence-electron chi connectivity index (χ4n) is 1.00. The van der Waals surface area contributed by atoms with Crippen molar-refractivity contribution in [2.75, 3.05) is 46.6 Å². The van der Waals surface area contributed by atoms with Crippen molar-refractivity contribution in [1.82, 2.24) is 10.3 Å². The number of nitrogens with zero attached hydrogens (tertiary/aromatic N) is 1. The molecule has 18 heavy (non-hydrogen) atoms. The first kappa shape index (κ1) is 16.9. The molecular weight excluding hydrogens is 236 g/mol. The normalized spacial score (nSPS) is 11.6. The number of allylic oxidation sites excluding steroid dienone is 1. The summed E-state index contributed by atoms with van der Waals surface area (Å²) in [5, 5.41) is 4.31. The van der Waals surface area contributed by atoms with Gasteiger partial charge in [-0.25, -0.2) is 5.84 Å². The number of hydrogen-bond donors (Lipinski definition) is 3. The van der Waals surface area contributed by atoms with Gasteiger partial charge >= 0.3 is 0 Å². The fraction of sp³-hybridized carbons (Fsp3) is 0.727. The summed E-state index contributed by atoms with van der Waals surface area (Å²) < 4.78 is 10.6. The molecule has 0 atom stereocenters. The van der Waals surface area contributed by atoms with E-state index in [1.54, 1.807) is 0 Å². The maximum atomic E-state index is 10.9. The summed E-state index contributed by atoms with van der Waals surface area (Å²) in [6, 6.07) is 0. The summed E-state index contributed by atoms with van der Waals surface area (Å²) in [4.78, 5) is 10.9. The number of ether oxygens (including phenoxy) is 2. The number of carbonyl (C=O) groups is 1. The average molecular weight is 260 g/mol. The quantitative estimate of drug-likeness (QED) is 0.186. The lowest BCUT2D eigenvalue weighted by Crippen LogP contribution is -2.31. The van der Waals surface area contributed by atoms with Crippen molar-refractivity contribution in [3.05, 3.63) is 11.9 Å². The van der Waals surface area contributed by atoms with Crippen molar-refractivity contribution in [3.63, 3.8) is 0 Å². The molecule has 0 aliphatic rings. The van der Waals surface area contributed by atoms with Crippen LogP contribution in [0.2, 0.25) is 0 Å². The van der Waals surface area contributed by atoms with Gasteiger partial charge in [0.2, 0.25) is 0 Å². The van der Waals surface area contributed by atoms with E-state index >= 15 is 0 Å². The molecule has 7 heteroatoms. The van der Waals surface area contributed by atoms with E-state index in [4.69, 9.17) is 21.1 Å². The van der Waals surface area contributed by atoms with Gasteiger partial charge in [-0.05, 0) is 7.05 Å². The number of carbonyl (C=O) groups excluding carboxylic acids is 1. The summed E-state index contributed by atoms with van der Waals surface area (Å²) >= 11 is 0. The van der Waals surface area contributed by atoms with Gasteiger partial charge in [0.1, 0.15) is 0 Å². The Bertz CT molecular complexity index is 259. The topological polar surface area (TPSA) is 103 Å². The van der Waals surface area contributed by atoms with Gasteiger partial charge in [0.25, 0.3) is 0 Å². The lowest BCUT2D eigenvalue weighted by molar-refractivity contribution is -0.113. The molecule has 5 N–H and O–H groups in total. The van der Waals surface area contributed by atoms with Crippen LogP contribution in [0.1, 0.15) is 6.92 Å². The summed E-state index contributed by atoms with van der Waals surface area (Å²) in [6.45, 7) is 4.87. The van der Waals surface area contributed by atoms with E-state index < -0.39 is 0 Å². The highest BCUT2D eigenvalue weighted by atomic mass is 16.5. The first-order valence-electron chi connectivity index (χ1n) is 5.87. The first-order chi connectivity index (χ1) is 8.57. The minimum atomic E-state index is -0.204. The molecule has 0 spiro atoms. The molecule has 0 aromatic heterocycles. The van der Waals surface area contributed by atoms with E-state index in [0.717, 1.165) is 6.54 Å². The zero-order chi connectivity index (χ0) is 13.8. The monoisotopic (exact) mass is 260 g/mol. The summed E-state index contributed by atoms with van der Waals surface area (Å²) in [5.74, 6) is 5.39. The highest BCUT2D eigenvalue weighted by Crippen LogP contribution is 1.89. The summed E-state index contributed by atoms with van der Waals surface area (Å²) in [6.07, 6.45) is 1.40. The van der Waals surface area contributed by atoms with Crippen LogP contribution in [0.5, 0.6) is 0 Å². The first-order valence-corrected chi connectivity index (χ1v) is 5.87. The van der Waals surface area contributed by atoms with Gasteiger partial charge in [0.15, 0.2) is 5.78 Å². The Morgan fingerprint density at radius 2 is 1.89 bits per heavy atom. The molecule has 106 valence electrons. The third-order valence-electron chi connectivity index (χ3n) is 2.07. The van der Waals surface area contributed by atoms with E-state index in [9.17, 15) is 4.79 Å². The second-order valence-corrected chi connectivity index (χ2v) is 3.71. The molecular formula is C11H24N4O3.